The predicted octanol–water partition coefficient (Wildman–Crippen LogP) is 25.1. The Balaban J connectivity index is 0.000000106. The molecule has 0 aliphatic rings. The molecule has 0 atom stereocenters. The Morgan fingerprint density at radius 1 is 0.230 bits per heavy atom. The molecule has 139 heavy (non-hydrogen) atoms. The molecule has 0 N–H and O–H groups in total. The van der Waals surface area contributed by atoms with E-state index in [0.29, 0.717) is 66.3 Å². The van der Waals surface area contributed by atoms with Crippen molar-refractivity contribution in [3.8, 4) is 134 Å². The van der Waals surface area contributed by atoms with Gasteiger partial charge in [-0.1, -0.05) is 100 Å². The molecule has 24 aromatic rings. The zero-order valence-electron chi connectivity index (χ0n) is 72.7. The van der Waals surface area contributed by atoms with Gasteiger partial charge < -0.3 is 0 Å². The Bertz CT molecular complexity index is 8510. The molecule has 0 saturated carbocycles. The van der Waals surface area contributed by atoms with Crippen LogP contribution in [0.4, 0.5) is 26.3 Å². The second-order valence-corrected chi connectivity index (χ2v) is 32.5. The molecule has 676 valence electrons. The fraction of sp³-hybridized carbons (Fsp3) is 0.0190. The summed E-state index contributed by atoms with van der Waals surface area (Å²) in [5, 5.41) is 21.5. The van der Waals surface area contributed by atoms with Crippen LogP contribution >= 0.6 is 46.4 Å². The number of benzene rings is 6. The quantitative estimate of drug-likeness (QED) is 0.0812. The lowest BCUT2D eigenvalue weighted by Crippen LogP contribution is -1.95. The van der Waals surface area contributed by atoms with Gasteiger partial charge in [-0.3, -0.25) is 34.9 Å². The zero-order valence-corrected chi connectivity index (χ0v) is 75.7. The van der Waals surface area contributed by atoms with Crippen molar-refractivity contribution in [3.63, 3.8) is 0 Å². The van der Waals surface area contributed by atoms with E-state index >= 15 is 0 Å². The lowest BCUT2D eigenvalue weighted by Gasteiger charge is -2.10. The number of halogens is 10. The average molecular weight is 1920 g/mol. The van der Waals surface area contributed by atoms with Crippen molar-refractivity contribution in [2.24, 2.45) is 0 Å². The Morgan fingerprint density at radius 2 is 0.597 bits per heavy atom. The third-order valence-corrected chi connectivity index (χ3v) is 23.0. The van der Waals surface area contributed by atoms with Gasteiger partial charge in [0.15, 0.2) is 33.9 Å². The summed E-state index contributed by atoms with van der Waals surface area (Å²) in [5.74, 6) is -2.84. The van der Waals surface area contributed by atoms with Crippen LogP contribution in [0.15, 0.2) is 367 Å². The predicted molar refractivity (Wildman–Crippen MR) is 524 cm³/mol. The van der Waals surface area contributed by atoms with E-state index in [9.17, 15) is 26.3 Å². The standard InChI is InChI=1S/C19H13FN4.C18H13FN4.C17H9ClF2N4.2C17H10ClFN4.C17H11ClN4/c1-12-11-13(4-5-15(12)20)18-14(3-2-8-22-18)16-6-7-17-19(24-16)23-10-9-21-17;1-12-4-5-16(19)15(9-12)18-14(3-2-7-20-18)13-6-8-23-17(10-13)21-11-22-23;18-13-7-12(14(19)8-15(13)20)17-11(2-1-4-21-17)10-3-5-24-16(6-10)22-9-23-24;18-14-8-12(3-4-15(14)19)17-13(2-1-6-20-17)11-5-7-23-16(9-11)21-10-22-23;18-12-3-4-15(19)14(9-12)17-13(2-1-6-20-17)11-5-7-23-16(8-11)21-10-22-23;18-14-4-1-3-13(9-14)17-15(5-2-7-19-17)12-6-8-22-16(10-12)20-11-21-22/h2-11H,1H3;2-11H,1H3;1-9H;2*1-10H;1-11H. The number of fused-ring (bicyclic) bond motifs is 6. The Hall–Kier alpha value is -17.5. The summed E-state index contributed by atoms with van der Waals surface area (Å²) in [6.45, 7) is 3.68. The fourth-order valence-corrected chi connectivity index (χ4v) is 16.0. The molecule has 0 saturated heterocycles. The highest BCUT2D eigenvalue weighted by molar-refractivity contribution is 6.32. The fourth-order valence-electron chi connectivity index (χ4n) is 15.3. The zero-order chi connectivity index (χ0) is 95.6. The molecule has 0 aliphatic heterocycles. The Labute approximate surface area is 806 Å². The maximum Gasteiger partial charge on any atom is 0.178 e. The minimum atomic E-state index is -0.805. The van der Waals surface area contributed by atoms with Crippen LogP contribution in [0.5, 0.6) is 0 Å². The molecule has 0 bridgehead atoms. The largest absolute Gasteiger partial charge is 0.256 e. The van der Waals surface area contributed by atoms with Crippen molar-refractivity contribution in [2.75, 3.05) is 0 Å². The van der Waals surface area contributed by atoms with Gasteiger partial charge in [0.2, 0.25) is 0 Å². The van der Waals surface area contributed by atoms with E-state index in [2.05, 4.69) is 95.3 Å². The summed E-state index contributed by atoms with van der Waals surface area (Å²) in [7, 11) is 0. The summed E-state index contributed by atoms with van der Waals surface area (Å²) in [5.41, 5.74) is 24.6. The van der Waals surface area contributed by atoms with Crippen LogP contribution in [0.1, 0.15) is 11.1 Å². The molecule has 0 radical (unpaired) electrons. The molecule has 0 aliphatic carbocycles. The van der Waals surface area contributed by atoms with Crippen molar-refractivity contribution in [1.29, 1.82) is 0 Å². The molecule has 34 heteroatoms. The molecule has 24 nitrogen and oxygen atoms in total. The van der Waals surface area contributed by atoms with Crippen LogP contribution in [0.25, 0.3) is 174 Å². The monoisotopic (exact) mass is 1920 g/mol. The van der Waals surface area contributed by atoms with Gasteiger partial charge in [-0.15, -0.1) is 0 Å². The molecule has 0 unspecified atom stereocenters. The maximum atomic E-state index is 14.3. The number of hydrogen-bond donors (Lipinski definition) is 0. The van der Waals surface area contributed by atoms with Crippen LogP contribution in [-0.4, -0.2) is 118 Å². The Morgan fingerprint density at radius 3 is 1.04 bits per heavy atom. The second-order valence-electron chi connectivity index (χ2n) is 30.8. The summed E-state index contributed by atoms with van der Waals surface area (Å²) in [6.07, 6.45) is 29.9. The van der Waals surface area contributed by atoms with Crippen molar-refractivity contribution in [3.05, 3.63) is 433 Å². The number of hydrogen-bond acceptors (Lipinski definition) is 19. The summed E-state index contributed by atoms with van der Waals surface area (Å²) in [4.78, 5) is 60.5. The van der Waals surface area contributed by atoms with Crippen molar-refractivity contribution in [2.45, 2.75) is 13.8 Å². The molecular weight excluding hydrogens is 1850 g/mol. The van der Waals surface area contributed by atoms with E-state index < -0.39 is 17.5 Å². The minimum absolute atomic E-state index is 0.0759. The third-order valence-electron chi connectivity index (χ3n) is 22.0. The van der Waals surface area contributed by atoms with Crippen LogP contribution < -0.4 is 0 Å². The third kappa shape index (κ3) is 20.2. The van der Waals surface area contributed by atoms with E-state index in [4.69, 9.17) is 46.4 Å². The normalized spacial score (nSPS) is 11.0. The van der Waals surface area contributed by atoms with Crippen LogP contribution in [0.3, 0.4) is 0 Å². The highest BCUT2D eigenvalue weighted by Gasteiger charge is 2.22. The lowest BCUT2D eigenvalue weighted by atomic mass is 9.98. The first-order valence-corrected chi connectivity index (χ1v) is 44.0. The van der Waals surface area contributed by atoms with Gasteiger partial charge in [-0.25, -0.2) is 83.8 Å². The van der Waals surface area contributed by atoms with Gasteiger partial charge in [0.25, 0.3) is 0 Å². The molecular formula is C105H66Cl4F6N24. The Kier molecular flexibility index (Phi) is 26.6. The average Bonchev–Trinajstić information content (AvgIpc) is 1.27. The van der Waals surface area contributed by atoms with Gasteiger partial charge in [0.05, 0.1) is 49.9 Å². The van der Waals surface area contributed by atoms with Gasteiger partial charge in [-0.2, -0.15) is 25.5 Å². The van der Waals surface area contributed by atoms with Gasteiger partial charge >= 0.3 is 0 Å². The first-order chi connectivity index (χ1) is 67.8. The minimum Gasteiger partial charge on any atom is -0.256 e. The number of pyridine rings is 12. The van der Waals surface area contributed by atoms with Crippen molar-refractivity contribution < 1.29 is 26.3 Å². The van der Waals surface area contributed by atoms with Crippen molar-refractivity contribution >= 4 is 85.8 Å². The maximum absolute atomic E-state index is 14.3. The van der Waals surface area contributed by atoms with E-state index in [1.165, 1.54) is 61.7 Å². The van der Waals surface area contributed by atoms with Gasteiger partial charge in [0, 0.05) is 163 Å². The van der Waals surface area contributed by atoms with E-state index in [0.717, 1.165) is 129 Å². The number of aryl methyl sites for hydroxylation is 2. The molecule has 18 heterocycles. The lowest BCUT2D eigenvalue weighted by molar-refractivity contribution is 0.585. The van der Waals surface area contributed by atoms with Crippen LogP contribution in [0, 0.1) is 48.8 Å². The highest BCUT2D eigenvalue weighted by atomic mass is 35.5. The smallest absolute Gasteiger partial charge is 0.178 e. The summed E-state index contributed by atoms with van der Waals surface area (Å²) >= 11 is 23.8. The number of nitrogens with zero attached hydrogens (tertiary/aromatic N) is 24. The number of aromatic nitrogens is 24. The summed E-state index contributed by atoms with van der Waals surface area (Å²) in [6, 6.07) is 74.4. The SMILES string of the molecule is Cc1cc(-c2ncccc2-c2ccc3nccnc3n2)ccc1F.Cc1ccc(F)c(-c2ncccc2-c2ccn3ncnc3c2)c1.Clc1cccc(-c2ncccc2-c2ccn3ncnc3c2)c1.Fc1cc(F)c(-c2ncccc2-c2ccn3ncnc3c2)cc1Cl.Fc1ccc(-c2ncccc2-c2ccn3ncnc3c2)cc1Cl.Fc1ccc(Cl)cc1-c1ncccc1-c1ccn2ncnc2c1. The van der Waals surface area contributed by atoms with E-state index in [1.54, 1.807) is 140 Å². The summed E-state index contributed by atoms with van der Waals surface area (Å²) < 4.78 is 91.6. The van der Waals surface area contributed by atoms with E-state index in [-0.39, 0.29) is 33.1 Å². The van der Waals surface area contributed by atoms with Gasteiger partial charge in [-0.05, 0) is 247 Å². The molecule has 24 rings (SSSR count). The topological polar surface area (TPSA) is 267 Å². The molecule has 0 spiro atoms. The number of rotatable bonds is 12. The molecule has 0 amide bonds. The molecule has 0 fully saturated rings. The molecule has 6 aromatic carbocycles. The second kappa shape index (κ2) is 40.8. The first kappa shape index (κ1) is 90.7. The van der Waals surface area contributed by atoms with Crippen molar-refractivity contribution in [1.82, 2.24) is 118 Å². The van der Waals surface area contributed by atoms with E-state index in [1.807, 2.05) is 196 Å². The van der Waals surface area contributed by atoms with Crippen LogP contribution in [-0.2, 0) is 0 Å². The van der Waals surface area contributed by atoms with Crippen LogP contribution in [0.2, 0.25) is 20.1 Å². The first-order valence-electron chi connectivity index (χ1n) is 42.5. The van der Waals surface area contributed by atoms with Gasteiger partial charge in [0.1, 0.15) is 72.1 Å². The molecule has 18 aromatic heterocycles. The highest BCUT2D eigenvalue weighted by Crippen LogP contribution is 2.41.